The molecule has 0 aliphatic heterocycles. The molecular formula is C12H19N5O2. The second kappa shape index (κ2) is 5.55. The average Bonchev–Trinajstić information content (AvgIpc) is 2.24. The fourth-order valence-electron chi connectivity index (χ4n) is 1.45. The maximum absolute atomic E-state index is 11.6. The van der Waals surface area contributed by atoms with E-state index >= 15 is 0 Å². The second-order valence-corrected chi connectivity index (χ2v) is 5.17. The van der Waals surface area contributed by atoms with E-state index in [9.17, 15) is 9.59 Å². The van der Waals surface area contributed by atoms with Crippen molar-refractivity contribution in [2.75, 3.05) is 17.6 Å². The number of hydrogen-bond acceptors (Lipinski definition) is 5. The largest absolute Gasteiger partial charge is 0.384 e. The van der Waals surface area contributed by atoms with Crippen LogP contribution >= 0.6 is 0 Å². The minimum atomic E-state index is -0.632. The number of primary amides is 1. The second-order valence-electron chi connectivity index (χ2n) is 5.17. The van der Waals surface area contributed by atoms with Crippen LogP contribution in [-0.4, -0.2) is 28.9 Å². The summed E-state index contributed by atoms with van der Waals surface area (Å²) in [7, 11) is 0. The van der Waals surface area contributed by atoms with Crippen molar-refractivity contribution >= 4 is 23.3 Å². The fourth-order valence-corrected chi connectivity index (χ4v) is 1.45. The minimum Gasteiger partial charge on any atom is -0.384 e. The number of anilines is 2. The molecule has 6 N–H and O–H groups in total. The molecule has 104 valence electrons. The highest BCUT2D eigenvalue weighted by molar-refractivity contribution is 5.99. The Morgan fingerprint density at radius 3 is 2.53 bits per heavy atom. The first kappa shape index (κ1) is 14.7. The number of hydrogen-bond donors (Lipinski definition) is 4. The van der Waals surface area contributed by atoms with E-state index in [2.05, 4.69) is 15.6 Å². The summed E-state index contributed by atoms with van der Waals surface area (Å²) in [6.07, 6.45) is 1.37. The van der Waals surface area contributed by atoms with Crippen molar-refractivity contribution in [3.63, 3.8) is 0 Å². The van der Waals surface area contributed by atoms with Crippen LogP contribution in [0.15, 0.2) is 12.3 Å². The lowest BCUT2D eigenvalue weighted by Crippen LogP contribution is -2.43. The van der Waals surface area contributed by atoms with Gasteiger partial charge < -0.3 is 22.1 Å². The Hall–Kier alpha value is -2.31. The van der Waals surface area contributed by atoms with Crippen molar-refractivity contribution < 1.29 is 9.59 Å². The number of pyridine rings is 1. The molecule has 7 nitrogen and oxygen atoms in total. The van der Waals surface area contributed by atoms with E-state index in [-0.39, 0.29) is 29.4 Å². The topological polar surface area (TPSA) is 123 Å². The van der Waals surface area contributed by atoms with Crippen LogP contribution in [0.1, 0.15) is 31.1 Å². The highest BCUT2D eigenvalue weighted by atomic mass is 16.2. The lowest BCUT2D eigenvalue weighted by atomic mass is 10.1. The zero-order valence-corrected chi connectivity index (χ0v) is 11.3. The smallest absolute Gasteiger partial charge is 0.250 e. The molecule has 0 saturated carbocycles. The van der Waals surface area contributed by atoms with Gasteiger partial charge in [-0.05, 0) is 26.8 Å². The Bertz CT molecular complexity index is 493. The molecule has 0 aromatic carbocycles. The molecule has 0 aliphatic rings. The SMILES string of the molecule is CC(C)(C)NC(=O)CNc1cnc(N)cc1C(N)=O. The van der Waals surface area contributed by atoms with E-state index in [0.717, 1.165) is 0 Å². The molecule has 1 aromatic rings. The summed E-state index contributed by atoms with van der Waals surface area (Å²) >= 11 is 0. The quantitative estimate of drug-likeness (QED) is 0.614. The summed E-state index contributed by atoms with van der Waals surface area (Å²) in [6.45, 7) is 5.66. The summed E-state index contributed by atoms with van der Waals surface area (Å²) < 4.78 is 0. The van der Waals surface area contributed by atoms with Gasteiger partial charge in [-0.1, -0.05) is 0 Å². The molecule has 7 heteroatoms. The first-order valence-electron chi connectivity index (χ1n) is 5.79. The number of carbonyl (C=O) groups excluding carboxylic acids is 2. The highest BCUT2D eigenvalue weighted by Gasteiger charge is 2.15. The molecule has 1 aromatic heterocycles. The van der Waals surface area contributed by atoms with Gasteiger partial charge in [0.1, 0.15) is 5.82 Å². The molecule has 0 atom stereocenters. The third-order valence-corrected chi connectivity index (χ3v) is 2.14. The maximum atomic E-state index is 11.6. The number of nitrogen functional groups attached to an aromatic ring is 1. The van der Waals surface area contributed by atoms with E-state index in [1.807, 2.05) is 20.8 Å². The fraction of sp³-hybridized carbons (Fsp3) is 0.417. The van der Waals surface area contributed by atoms with Gasteiger partial charge in [0.2, 0.25) is 5.91 Å². The first-order valence-corrected chi connectivity index (χ1v) is 5.79. The number of nitrogens with zero attached hydrogens (tertiary/aromatic N) is 1. The molecule has 0 saturated heterocycles. The van der Waals surface area contributed by atoms with E-state index in [0.29, 0.717) is 5.69 Å². The molecule has 2 amide bonds. The lowest BCUT2D eigenvalue weighted by molar-refractivity contribution is -0.120. The van der Waals surface area contributed by atoms with Crippen LogP contribution in [0.3, 0.4) is 0 Å². The Balaban J connectivity index is 2.73. The molecule has 0 aliphatic carbocycles. The van der Waals surface area contributed by atoms with Crippen LogP contribution in [0.5, 0.6) is 0 Å². The van der Waals surface area contributed by atoms with Gasteiger partial charge in [0.05, 0.1) is 24.0 Å². The van der Waals surface area contributed by atoms with Crippen LogP contribution in [0, 0.1) is 0 Å². The van der Waals surface area contributed by atoms with Gasteiger partial charge in [-0.15, -0.1) is 0 Å². The average molecular weight is 265 g/mol. The van der Waals surface area contributed by atoms with Crippen molar-refractivity contribution in [1.29, 1.82) is 0 Å². The summed E-state index contributed by atoms with van der Waals surface area (Å²) in [5.41, 5.74) is 11.0. The lowest BCUT2D eigenvalue weighted by Gasteiger charge is -2.21. The Kier molecular flexibility index (Phi) is 4.31. The number of aromatic nitrogens is 1. The van der Waals surface area contributed by atoms with Gasteiger partial charge in [-0.2, -0.15) is 0 Å². The zero-order chi connectivity index (χ0) is 14.6. The number of amides is 2. The monoisotopic (exact) mass is 265 g/mol. The first-order chi connectivity index (χ1) is 8.69. The number of nitrogens with one attached hydrogen (secondary N) is 2. The molecule has 0 radical (unpaired) electrons. The Labute approximate surface area is 111 Å². The van der Waals surface area contributed by atoms with Gasteiger partial charge in [0.25, 0.3) is 5.91 Å². The van der Waals surface area contributed by atoms with E-state index < -0.39 is 5.91 Å². The Morgan fingerprint density at radius 2 is 2.00 bits per heavy atom. The third-order valence-electron chi connectivity index (χ3n) is 2.14. The molecule has 0 unspecified atom stereocenters. The highest BCUT2D eigenvalue weighted by Crippen LogP contribution is 2.15. The van der Waals surface area contributed by atoms with Crippen LogP contribution in [-0.2, 0) is 4.79 Å². The molecule has 0 fully saturated rings. The predicted octanol–water partition coefficient (Wildman–Crippen LogP) is 0.0893. The van der Waals surface area contributed by atoms with Gasteiger partial charge in [0, 0.05) is 5.54 Å². The van der Waals surface area contributed by atoms with Crippen LogP contribution in [0.4, 0.5) is 11.5 Å². The van der Waals surface area contributed by atoms with Crippen LogP contribution in [0.2, 0.25) is 0 Å². The van der Waals surface area contributed by atoms with Crippen LogP contribution in [0.25, 0.3) is 0 Å². The van der Waals surface area contributed by atoms with Crippen molar-refractivity contribution in [2.45, 2.75) is 26.3 Å². The number of nitrogens with two attached hydrogens (primary N) is 2. The molecule has 1 rings (SSSR count). The van der Waals surface area contributed by atoms with E-state index in [4.69, 9.17) is 11.5 Å². The van der Waals surface area contributed by atoms with Gasteiger partial charge in [-0.25, -0.2) is 4.98 Å². The maximum Gasteiger partial charge on any atom is 0.250 e. The molecule has 1 heterocycles. The summed E-state index contributed by atoms with van der Waals surface area (Å²) in [4.78, 5) is 26.7. The van der Waals surface area contributed by atoms with E-state index in [1.165, 1.54) is 12.3 Å². The van der Waals surface area contributed by atoms with Crippen molar-refractivity contribution in [3.05, 3.63) is 17.8 Å². The third kappa shape index (κ3) is 4.82. The number of carbonyl (C=O) groups is 2. The molecular weight excluding hydrogens is 246 g/mol. The van der Waals surface area contributed by atoms with Crippen molar-refractivity contribution in [3.8, 4) is 0 Å². The van der Waals surface area contributed by atoms with Gasteiger partial charge in [-0.3, -0.25) is 9.59 Å². The minimum absolute atomic E-state index is 0.0170. The molecule has 0 bridgehead atoms. The van der Waals surface area contributed by atoms with E-state index in [1.54, 1.807) is 0 Å². The molecule has 19 heavy (non-hydrogen) atoms. The van der Waals surface area contributed by atoms with Crippen molar-refractivity contribution in [1.82, 2.24) is 10.3 Å². The van der Waals surface area contributed by atoms with Crippen molar-refractivity contribution in [2.24, 2.45) is 5.73 Å². The van der Waals surface area contributed by atoms with Gasteiger partial charge >= 0.3 is 0 Å². The summed E-state index contributed by atoms with van der Waals surface area (Å²) in [5.74, 6) is -0.633. The summed E-state index contributed by atoms with van der Waals surface area (Å²) in [5, 5.41) is 5.60. The van der Waals surface area contributed by atoms with Crippen LogP contribution < -0.4 is 22.1 Å². The zero-order valence-electron chi connectivity index (χ0n) is 11.3. The predicted molar refractivity (Wildman–Crippen MR) is 73.6 cm³/mol. The van der Waals surface area contributed by atoms with Gasteiger partial charge in [0.15, 0.2) is 0 Å². The molecule has 0 spiro atoms. The number of rotatable bonds is 4. The normalized spacial score (nSPS) is 10.9. The Morgan fingerprint density at radius 1 is 1.37 bits per heavy atom. The standard InChI is InChI=1S/C12H19N5O2/c1-12(2,3)17-10(18)6-15-8-5-16-9(13)4-7(8)11(14)19/h4-5,15H,6H2,1-3H3,(H2,13,16)(H2,14,19)(H,17,18). The summed E-state index contributed by atoms with van der Waals surface area (Å²) in [6, 6.07) is 1.37.